The Labute approximate surface area is 305 Å². The molecule has 51 heavy (non-hydrogen) atoms. The summed E-state index contributed by atoms with van der Waals surface area (Å²) in [7, 11) is 3.77. The fourth-order valence-electron chi connectivity index (χ4n) is 8.12. The molecule has 3 aliphatic heterocycles. The SMILES string of the molecule is CC[C@H]1OC(=O)[C@@](C)(F)C(=O)[C@H](C)[C@@H](O[C@@H]2O[C@H](C)C[C@H](N(C)C(C)(C)C)[C@H]2O)[C@@]2(C)C[C@H](CN(C)[C@H](C)[C@@H](O)[C@]1(C)O)C(CNCCCN)O2. The second kappa shape index (κ2) is 17.0. The Morgan fingerprint density at radius 2 is 1.78 bits per heavy atom. The van der Waals surface area contributed by atoms with Gasteiger partial charge in [0.25, 0.3) is 5.67 Å². The van der Waals surface area contributed by atoms with Gasteiger partial charge in [0.15, 0.2) is 12.1 Å². The summed E-state index contributed by atoms with van der Waals surface area (Å²) in [5, 5.41) is 38.2. The van der Waals surface area contributed by atoms with E-state index in [2.05, 4.69) is 10.2 Å². The summed E-state index contributed by atoms with van der Waals surface area (Å²) >= 11 is 0. The summed E-state index contributed by atoms with van der Waals surface area (Å²) in [6.07, 6.45) is -5.20. The number of alkyl halides is 1. The minimum absolute atomic E-state index is 0.0577. The van der Waals surface area contributed by atoms with Crippen molar-refractivity contribution in [1.29, 1.82) is 0 Å². The Hall–Kier alpha value is -1.33. The predicted octanol–water partition coefficient (Wildman–Crippen LogP) is 1.77. The van der Waals surface area contributed by atoms with Crippen molar-refractivity contribution in [2.45, 2.75) is 172 Å². The van der Waals surface area contributed by atoms with Gasteiger partial charge in [-0.1, -0.05) is 13.8 Å². The third kappa shape index (κ3) is 9.68. The zero-order valence-electron chi connectivity index (χ0n) is 33.1. The third-order valence-corrected chi connectivity index (χ3v) is 11.8. The van der Waals surface area contributed by atoms with Gasteiger partial charge in [0.1, 0.15) is 23.9 Å². The highest BCUT2D eigenvalue weighted by atomic mass is 19.1. The molecule has 1 unspecified atom stereocenters. The van der Waals surface area contributed by atoms with Gasteiger partial charge in [-0.2, -0.15) is 0 Å². The summed E-state index contributed by atoms with van der Waals surface area (Å²) < 4.78 is 41.9. The molecular formula is C37H69FN4O9. The van der Waals surface area contributed by atoms with E-state index in [9.17, 15) is 24.9 Å². The number of cyclic esters (lactones) is 1. The highest BCUT2D eigenvalue weighted by Gasteiger charge is 2.58. The van der Waals surface area contributed by atoms with Crippen LogP contribution in [-0.2, 0) is 28.5 Å². The number of esters is 1. The van der Waals surface area contributed by atoms with E-state index in [1.54, 1.807) is 13.8 Å². The summed E-state index contributed by atoms with van der Waals surface area (Å²) in [6, 6.07) is -0.970. The van der Waals surface area contributed by atoms with Crippen molar-refractivity contribution in [1.82, 2.24) is 15.1 Å². The van der Waals surface area contributed by atoms with E-state index in [0.29, 0.717) is 39.0 Å². The number of aliphatic hydroxyl groups excluding tert-OH is 2. The largest absolute Gasteiger partial charge is 0.457 e. The van der Waals surface area contributed by atoms with Gasteiger partial charge in [-0.25, -0.2) is 9.18 Å². The highest BCUT2D eigenvalue weighted by molar-refractivity contribution is 6.07. The van der Waals surface area contributed by atoms with Gasteiger partial charge in [0.05, 0.1) is 23.9 Å². The van der Waals surface area contributed by atoms with Crippen LogP contribution in [-0.4, -0.2) is 155 Å². The number of Topliss-reactive ketones (excluding diaryl/α,β-unsaturated/α-hetero) is 1. The van der Waals surface area contributed by atoms with E-state index in [1.807, 2.05) is 53.6 Å². The lowest BCUT2D eigenvalue weighted by atomic mass is 9.78. The molecule has 6 N–H and O–H groups in total. The van der Waals surface area contributed by atoms with Crippen molar-refractivity contribution < 1.29 is 48.2 Å². The molecule has 0 aromatic heterocycles. The van der Waals surface area contributed by atoms with Crippen LogP contribution >= 0.6 is 0 Å². The van der Waals surface area contributed by atoms with Gasteiger partial charge in [-0.05, 0) is 108 Å². The first kappa shape index (κ1) is 44.1. The molecule has 0 spiro atoms. The number of ether oxygens (including phenoxy) is 4. The fourth-order valence-corrected chi connectivity index (χ4v) is 8.12. The third-order valence-electron chi connectivity index (χ3n) is 11.8. The summed E-state index contributed by atoms with van der Waals surface area (Å²) in [6.45, 7) is 19.0. The number of carbonyl (C=O) groups is 2. The molecule has 3 heterocycles. The molecule has 3 fully saturated rings. The maximum atomic E-state index is 16.6. The second-order valence-electron chi connectivity index (χ2n) is 17.0. The minimum atomic E-state index is -3.15. The number of nitrogens with zero attached hydrogens (tertiary/aromatic N) is 2. The molecule has 0 aliphatic carbocycles. The normalized spacial score (nSPS) is 43.9. The molecule has 0 amide bonds. The van der Waals surface area contributed by atoms with Crippen molar-refractivity contribution >= 4 is 11.8 Å². The molecule has 3 aliphatic rings. The summed E-state index contributed by atoms with van der Waals surface area (Å²) in [5.41, 5.74) is -0.889. The molecule has 3 rings (SSSR count). The van der Waals surface area contributed by atoms with Gasteiger partial charge in [-0.3, -0.25) is 9.69 Å². The number of rotatable bonds is 9. The van der Waals surface area contributed by atoms with Crippen LogP contribution < -0.4 is 11.1 Å². The standard InChI is InChI=1S/C37H69FN4O9/c1-13-27-37(10,47)30(45)23(4)41(11)20-24-18-35(8,51-26(24)19-40-16-14-15-39)31(22(3)29(44)36(9,38)33(46)49-27)50-32-28(43)25(17-21(2)48-32)42(12)34(5,6)7/h21-28,30-32,40,43,45,47H,13-20,39H2,1-12H3/t21-,22+,23-,24-,25+,26?,27-,28-,30-,31-,32+,35-,36+,37-/m1/s1. The molecule has 298 valence electrons. The molecule has 0 aromatic carbocycles. The van der Waals surface area contributed by atoms with E-state index in [4.69, 9.17) is 24.7 Å². The van der Waals surface area contributed by atoms with E-state index < -0.39 is 77.4 Å². The molecule has 14 atom stereocenters. The lowest BCUT2D eigenvalue weighted by Gasteiger charge is -2.48. The maximum Gasteiger partial charge on any atom is 0.351 e. The average Bonchev–Trinajstić information content (AvgIpc) is 3.37. The van der Waals surface area contributed by atoms with Crippen LogP contribution in [0.25, 0.3) is 0 Å². The van der Waals surface area contributed by atoms with Crippen LogP contribution in [0.15, 0.2) is 0 Å². The Morgan fingerprint density at radius 1 is 1.16 bits per heavy atom. The number of fused-ring (bicyclic) bond motifs is 2. The lowest BCUT2D eigenvalue weighted by molar-refractivity contribution is -0.297. The van der Waals surface area contributed by atoms with Crippen LogP contribution in [0.1, 0.15) is 94.9 Å². The van der Waals surface area contributed by atoms with Crippen LogP contribution in [0.5, 0.6) is 0 Å². The van der Waals surface area contributed by atoms with Crippen LogP contribution in [0.3, 0.4) is 0 Å². The lowest BCUT2D eigenvalue weighted by Crippen LogP contribution is -2.62. The number of halogens is 1. The number of nitrogens with two attached hydrogens (primary N) is 1. The Balaban J connectivity index is 2.15. The summed E-state index contributed by atoms with van der Waals surface area (Å²) in [4.78, 5) is 31.7. The topological polar surface area (TPSA) is 176 Å². The Bertz CT molecular complexity index is 1170. The first-order valence-corrected chi connectivity index (χ1v) is 18.8. The fraction of sp³-hybridized carbons (Fsp3) is 0.946. The molecule has 3 saturated heterocycles. The van der Waals surface area contributed by atoms with E-state index in [-0.39, 0.29) is 30.0 Å². The number of nitrogens with one attached hydrogen (secondary N) is 1. The summed E-state index contributed by atoms with van der Waals surface area (Å²) in [5.74, 6) is -4.02. The van der Waals surface area contributed by atoms with E-state index in [1.165, 1.54) is 13.8 Å². The monoisotopic (exact) mass is 733 g/mol. The van der Waals surface area contributed by atoms with Crippen molar-refractivity contribution in [2.75, 3.05) is 40.3 Å². The number of hydrogen-bond donors (Lipinski definition) is 5. The number of carbonyl (C=O) groups excluding carboxylic acids is 2. The number of ketones is 1. The molecule has 14 heteroatoms. The zero-order valence-corrected chi connectivity index (χ0v) is 33.1. The molecule has 2 bridgehead atoms. The van der Waals surface area contributed by atoms with Crippen molar-refractivity contribution in [2.24, 2.45) is 17.6 Å². The van der Waals surface area contributed by atoms with E-state index >= 15 is 4.39 Å². The predicted molar refractivity (Wildman–Crippen MR) is 192 cm³/mol. The molecular weight excluding hydrogens is 663 g/mol. The molecule has 0 aromatic rings. The molecule has 0 saturated carbocycles. The Kier molecular flexibility index (Phi) is 14.7. The quantitative estimate of drug-likeness (QED) is 0.132. The first-order valence-electron chi connectivity index (χ1n) is 18.8. The molecule has 0 radical (unpaired) electrons. The zero-order chi connectivity index (χ0) is 38.9. The molecule has 13 nitrogen and oxygen atoms in total. The van der Waals surface area contributed by atoms with E-state index in [0.717, 1.165) is 13.3 Å². The number of likely N-dealkylation sites (N-methyl/N-ethyl adjacent to an activating group) is 2. The van der Waals surface area contributed by atoms with Crippen molar-refractivity contribution in [3.8, 4) is 0 Å². The van der Waals surface area contributed by atoms with Gasteiger partial charge < -0.3 is 50.2 Å². The van der Waals surface area contributed by atoms with Gasteiger partial charge in [0.2, 0.25) is 0 Å². The second-order valence-corrected chi connectivity index (χ2v) is 17.0. The maximum absolute atomic E-state index is 16.6. The average molecular weight is 733 g/mol. The number of aliphatic hydroxyl groups is 3. The van der Waals surface area contributed by atoms with Crippen molar-refractivity contribution in [3.63, 3.8) is 0 Å². The Morgan fingerprint density at radius 3 is 2.35 bits per heavy atom. The number of hydrogen-bond acceptors (Lipinski definition) is 13. The van der Waals surface area contributed by atoms with Crippen molar-refractivity contribution in [3.05, 3.63) is 0 Å². The van der Waals surface area contributed by atoms with Gasteiger partial charge in [0, 0.05) is 42.5 Å². The highest BCUT2D eigenvalue weighted by Crippen LogP contribution is 2.44. The first-order chi connectivity index (χ1) is 23.4. The van der Waals surface area contributed by atoms with Gasteiger partial charge in [-0.15, -0.1) is 0 Å². The minimum Gasteiger partial charge on any atom is -0.457 e. The van der Waals surface area contributed by atoms with Crippen LogP contribution in [0, 0.1) is 11.8 Å². The van der Waals surface area contributed by atoms with Gasteiger partial charge >= 0.3 is 5.97 Å². The smallest absolute Gasteiger partial charge is 0.351 e. The van der Waals surface area contributed by atoms with Crippen LogP contribution in [0.2, 0.25) is 0 Å². The van der Waals surface area contributed by atoms with Crippen LogP contribution in [0.4, 0.5) is 4.39 Å².